The predicted molar refractivity (Wildman–Crippen MR) is 130 cm³/mol. The summed E-state index contributed by atoms with van der Waals surface area (Å²) in [6.45, 7) is 3.56. The Balaban J connectivity index is 1.98. The van der Waals surface area contributed by atoms with Gasteiger partial charge in [0, 0.05) is 13.1 Å². The molecule has 0 fully saturated rings. The average Bonchev–Trinajstić information content (AvgIpc) is 2.82. The molecule has 6 nitrogen and oxygen atoms in total. The van der Waals surface area contributed by atoms with Crippen LogP contribution in [0.25, 0.3) is 0 Å². The molecule has 0 aliphatic rings. The van der Waals surface area contributed by atoms with Crippen LogP contribution in [0.5, 0.6) is 5.75 Å². The lowest BCUT2D eigenvalue weighted by Gasteiger charge is -2.22. The second-order valence-electron chi connectivity index (χ2n) is 7.85. The number of benzene rings is 3. The summed E-state index contributed by atoms with van der Waals surface area (Å²) in [4.78, 5) is 13.3. The summed E-state index contributed by atoms with van der Waals surface area (Å²) in [6, 6.07) is 20.3. The van der Waals surface area contributed by atoms with E-state index in [1.807, 2.05) is 54.6 Å². The predicted octanol–water partition coefficient (Wildman–Crippen LogP) is 4.90. The molecular formula is C25H27ClN2O4S. The summed E-state index contributed by atoms with van der Waals surface area (Å²) in [5, 5.41) is 3.17. The zero-order chi connectivity index (χ0) is 24.2. The van der Waals surface area contributed by atoms with Crippen molar-refractivity contribution in [3.63, 3.8) is 0 Å². The lowest BCUT2D eigenvalue weighted by molar-refractivity contribution is 0.0943. The van der Waals surface area contributed by atoms with Crippen molar-refractivity contribution >= 4 is 27.5 Å². The molecule has 0 spiro atoms. The number of nitrogens with one attached hydrogen (secondary N) is 1. The van der Waals surface area contributed by atoms with Gasteiger partial charge < -0.3 is 10.1 Å². The van der Waals surface area contributed by atoms with Crippen LogP contribution in [0.3, 0.4) is 0 Å². The van der Waals surface area contributed by atoms with Crippen molar-refractivity contribution < 1.29 is 17.9 Å². The van der Waals surface area contributed by atoms with E-state index in [9.17, 15) is 13.2 Å². The third-order valence-corrected chi connectivity index (χ3v) is 7.80. The Morgan fingerprint density at radius 3 is 2.15 bits per heavy atom. The van der Waals surface area contributed by atoms with Crippen molar-refractivity contribution in [3.8, 4) is 5.75 Å². The van der Waals surface area contributed by atoms with Crippen molar-refractivity contribution in [2.45, 2.75) is 30.8 Å². The summed E-state index contributed by atoms with van der Waals surface area (Å²) < 4.78 is 32.3. The van der Waals surface area contributed by atoms with Gasteiger partial charge in [0.1, 0.15) is 5.75 Å². The highest BCUT2D eigenvalue weighted by Crippen LogP contribution is 2.27. The third-order valence-electron chi connectivity index (χ3n) is 5.44. The van der Waals surface area contributed by atoms with E-state index in [0.29, 0.717) is 5.75 Å². The Morgan fingerprint density at radius 1 is 0.970 bits per heavy atom. The fourth-order valence-corrected chi connectivity index (χ4v) is 4.89. The van der Waals surface area contributed by atoms with Gasteiger partial charge in [-0.2, -0.15) is 4.31 Å². The number of hydrogen-bond acceptors (Lipinski definition) is 4. The van der Waals surface area contributed by atoms with Crippen molar-refractivity contribution in [1.29, 1.82) is 0 Å². The van der Waals surface area contributed by atoms with E-state index in [4.69, 9.17) is 16.3 Å². The molecule has 174 valence electrons. The Kier molecular flexibility index (Phi) is 7.79. The summed E-state index contributed by atoms with van der Waals surface area (Å²) in [6.07, 6.45) is 0. The number of nitrogens with zero attached hydrogens (tertiary/aromatic N) is 1. The minimum atomic E-state index is -3.77. The van der Waals surface area contributed by atoms with Crippen LogP contribution in [0.4, 0.5) is 0 Å². The largest absolute Gasteiger partial charge is 0.497 e. The van der Waals surface area contributed by atoms with Crippen LogP contribution < -0.4 is 10.1 Å². The number of rotatable bonds is 8. The standard InChI is InChI=1S/C25H27ClN2O4S/c1-17(2)28(3)33(30,31)21-14-15-23(26)22(16-21)25(29)27-24(18-8-6-5-7-9-18)19-10-12-20(32-4)13-11-19/h5-17,24H,1-4H3,(H,27,29). The minimum absolute atomic E-state index is 0.00829. The molecule has 1 amide bonds. The first kappa shape index (κ1) is 24.8. The quantitative estimate of drug-likeness (QED) is 0.491. The SMILES string of the molecule is COc1ccc(C(NC(=O)c2cc(S(=O)(=O)N(C)C(C)C)ccc2Cl)c2ccccc2)cc1. The number of carbonyl (C=O) groups excluding carboxylic acids is 1. The molecule has 1 unspecified atom stereocenters. The molecule has 0 aliphatic carbocycles. The number of ether oxygens (including phenoxy) is 1. The van der Waals surface area contributed by atoms with Gasteiger partial charge in [-0.15, -0.1) is 0 Å². The van der Waals surface area contributed by atoms with Crippen LogP contribution in [-0.2, 0) is 10.0 Å². The molecule has 0 saturated carbocycles. The molecule has 0 saturated heterocycles. The lowest BCUT2D eigenvalue weighted by Crippen LogP contribution is -2.33. The first-order valence-corrected chi connectivity index (χ1v) is 12.2. The third kappa shape index (κ3) is 5.55. The summed E-state index contributed by atoms with van der Waals surface area (Å²) in [5.41, 5.74) is 1.80. The highest BCUT2D eigenvalue weighted by atomic mass is 35.5. The fourth-order valence-electron chi connectivity index (χ4n) is 3.29. The number of amides is 1. The second-order valence-corrected chi connectivity index (χ2v) is 10.3. The van der Waals surface area contributed by atoms with E-state index in [2.05, 4.69) is 5.32 Å². The lowest BCUT2D eigenvalue weighted by atomic mass is 9.98. The van der Waals surface area contributed by atoms with E-state index >= 15 is 0 Å². The maximum Gasteiger partial charge on any atom is 0.253 e. The van der Waals surface area contributed by atoms with Crippen LogP contribution in [0.15, 0.2) is 77.7 Å². The fraction of sp³-hybridized carbons (Fsp3) is 0.240. The molecule has 0 heterocycles. The molecule has 3 rings (SSSR count). The zero-order valence-corrected chi connectivity index (χ0v) is 20.5. The van der Waals surface area contributed by atoms with Crippen LogP contribution in [0, 0.1) is 0 Å². The van der Waals surface area contributed by atoms with Crippen molar-refractivity contribution in [2.24, 2.45) is 0 Å². The topological polar surface area (TPSA) is 75.7 Å². The van der Waals surface area contributed by atoms with Gasteiger partial charge in [-0.1, -0.05) is 54.1 Å². The van der Waals surface area contributed by atoms with Gasteiger partial charge in [-0.25, -0.2) is 8.42 Å². The normalized spacial score (nSPS) is 12.6. The van der Waals surface area contributed by atoms with Gasteiger partial charge in [0.15, 0.2) is 0 Å². The molecular weight excluding hydrogens is 460 g/mol. The van der Waals surface area contributed by atoms with Gasteiger partial charge in [0.2, 0.25) is 10.0 Å². The number of methoxy groups -OCH3 is 1. The van der Waals surface area contributed by atoms with Gasteiger partial charge in [0.25, 0.3) is 5.91 Å². The van der Waals surface area contributed by atoms with Crippen molar-refractivity contribution in [2.75, 3.05) is 14.2 Å². The molecule has 0 aliphatic heterocycles. The Bertz CT molecular complexity index is 1210. The number of carbonyl (C=O) groups is 1. The van der Waals surface area contributed by atoms with Gasteiger partial charge in [0.05, 0.1) is 28.6 Å². The molecule has 1 atom stereocenters. The van der Waals surface area contributed by atoms with Crippen LogP contribution >= 0.6 is 11.6 Å². The van der Waals surface area contributed by atoms with Crippen LogP contribution in [0.2, 0.25) is 5.02 Å². The Morgan fingerprint density at radius 2 is 1.58 bits per heavy atom. The molecule has 3 aromatic rings. The molecule has 1 N–H and O–H groups in total. The highest BCUT2D eigenvalue weighted by molar-refractivity contribution is 7.89. The summed E-state index contributed by atoms with van der Waals surface area (Å²) in [5.74, 6) is 0.223. The van der Waals surface area contributed by atoms with E-state index in [1.54, 1.807) is 21.0 Å². The first-order chi connectivity index (χ1) is 15.6. The molecule has 33 heavy (non-hydrogen) atoms. The summed E-state index contributed by atoms with van der Waals surface area (Å²) in [7, 11) is -0.679. The smallest absolute Gasteiger partial charge is 0.253 e. The minimum Gasteiger partial charge on any atom is -0.497 e. The van der Waals surface area contributed by atoms with E-state index in [1.165, 1.54) is 29.6 Å². The van der Waals surface area contributed by atoms with Crippen molar-refractivity contribution in [1.82, 2.24) is 9.62 Å². The molecule has 0 radical (unpaired) electrons. The van der Waals surface area contributed by atoms with E-state index in [0.717, 1.165) is 11.1 Å². The number of hydrogen-bond donors (Lipinski definition) is 1. The van der Waals surface area contributed by atoms with Gasteiger partial charge in [-0.05, 0) is 55.3 Å². The van der Waals surface area contributed by atoms with Crippen LogP contribution in [0.1, 0.15) is 41.4 Å². The number of sulfonamides is 1. The second kappa shape index (κ2) is 10.4. The number of halogens is 1. The summed E-state index contributed by atoms with van der Waals surface area (Å²) >= 11 is 6.31. The van der Waals surface area contributed by atoms with Crippen LogP contribution in [-0.4, -0.2) is 38.8 Å². The van der Waals surface area contributed by atoms with E-state index < -0.39 is 22.0 Å². The molecule has 0 aromatic heterocycles. The first-order valence-electron chi connectivity index (χ1n) is 10.4. The van der Waals surface area contributed by atoms with Gasteiger partial charge in [-0.3, -0.25) is 4.79 Å². The van der Waals surface area contributed by atoms with Crippen molar-refractivity contribution in [3.05, 3.63) is 94.5 Å². The highest BCUT2D eigenvalue weighted by Gasteiger charge is 2.26. The molecule has 0 bridgehead atoms. The average molecular weight is 487 g/mol. The Hall–Kier alpha value is -2.87. The van der Waals surface area contributed by atoms with E-state index in [-0.39, 0.29) is 21.5 Å². The van der Waals surface area contributed by atoms with Gasteiger partial charge >= 0.3 is 0 Å². The molecule has 8 heteroatoms. The Labute approximate surface area is 200 Å². The zero-order valence-electron chi connectivity index (χ0n) is 18.9. The maximum atomic E-state index is 13.3. The monoisotopic (exact) mass is 486 g/mol. The molecule has 3 aromatic carbocycles. The maximum absolute atomic E-state index is 13.3.